The second-order valence-corrected chi connectivity index (χ2v) is 12.6. The van der Waals surface area contributed by atoms with Crippen LogP contribution in [0.15, 0.2) is 48.5 Å². The summed E-state index contributed by atoms with van der Waals surface area (Å²) in [6.45, 7) is 8.13. The summed E-state index contributed by atoms with van der Waals surface area (Å²) in [4.78, 5) is 34.6. The lowest BCUT2D eigenvalue weighted by atomic mass is 10.0. The van der Waals surface area contributed by atoms with Crippen LogP contribution in [-0.2, 0) is 17.8 Å². The highest BCUT2D eigenvalue weighted by Gasteiger charge is 2.24. The minimum Gasteiger partial charge on any atom is -0.497 e. The van der Waals surface area contributed by atoms with E-state index in [4.69, 9.17) is 19.6 Å². The molecule has 1 atom stereocenters. The van der Waals surface area contributed by atoms with Crippen LogP contribution >= 0.6 is 11.3 Å². The topological polar surface area (TPSA) is 92.2 Å². The zero-order valence-electron chi connectivity index (χ0n) is 26.6. The summed E-state index contributed by atoms with van der Waals surface area (Å²) in [6, 6.07) is 13.7. The van der Waals surface area contributed by atoms with E-state index in [0.717, 1.165) is 48.6 Å². The molecule has 47 heavy (non-hydrogen) atoms. The number of Topliss-reactive ketones (excluding diaryl/α,β-unsaturated/α-hetero) is 1. The maximum absolute atomic E-state index is 14.5. The van der Waals surface area contributed by atoms with Gasteiger partial charge in [-0.3, -0.25) is 9.69 Å². The van der Waals surface area contributed by atoms with E-state index in [1.54, 1.807) is 32.2 Å². The van der Waals surface area contributed by atoms with Gasteiger partial charge in [0.15, 0.2) is 29.3 Å². The second kappa shape index (κ2) is 14.6. The number of halogens is 3. The number of hydrogen-bond donors (Lipinski definition) is 1. The quantitative estimate of drug-likeness (QED) is 0.130. The molecule has 2 heterocycles. The number of rotatable bonds is 12. The van der Waals surface area contributed by atoms with Gasteiger partial charge in [0.2, 0.25) is 0 Å². The first kappa shape index (κ1) is 33.9. The monoisotopic (exact) mass is 667 g/mol. The molecule has 5 rings (SSSR count). The molecule has 1 aromatic heterocycles. The summed E-state index contributed by atoms with van der Waals surface area (Å²) in [6.07, 6.45) is -0.543. The van der Waals surface area contributed by atoms with Crippen LogP contribution in [0.5, 0.6) is 11.5 Å². The van der Waals surface area contributed by atoms with Crippen LogP contribution in [0.3, 0.4) is 0 Å². The number of ether oxygens (including phenoxy) is 2. The molecule has 1 N–H and O–H groups in total. The third-order valence-electron chi connectivity index (χ3n) is 8.33. The third kappa shape index (κ3) is 7.77. The Morgan fingerprint density at radius 2 is 1.70 bits per heavy atom. The van der Waals surface area contributed by atoms with E-state index < -0.39 is 29.5 Å². The van der Waals surface area contributed by atoms with Gasteiger partial charge in [-0.2, -0.15) is 0 Å². The number of carboxylic acid groups (broad SMARTS) is 1. The first-order chi connectivity index (χ1) is 22.4. The number of carboxylic acids is 1. The predicted molar refractivity (Wildman–Crippen MR) is 174 cm³/mol. The number of thiazole rings is 1. The molecule has 248 valence electrons. The van der Waals surface area contributed by atoms with E-state index in [-0.39, 0.29) is 23.3 Å². The highest BCUT2D eigenvalue weighted by Crippen LogP contribution is 2.35. The Morgan fingerprint density at radius 3 is 2.34 bits per heavy atom. The zero-order valence-corrected chi connectivity index (χ0v) is 27.4. The van der Waals surface area contributed by atoms with Gasteiger partial charge >= 0.3 is 5.97 Å². The van der Waals surface area contributed by atoms with Crippen molar-refractivity contribution < 1.29 is 37.3 Å². The molecule has 0 bridgehead atoms. The van der Waals surface area contributed by atoms with Gasteiger partial charge < -0.3 is 19.5 Å². The molecule has 3 aromatic carbocycles. The smallest absolute Gasteiger partial charge is 0.344 e. The molecule has 1 fully saturated rings. The lowest BCUT2D eigenvalue weighted by Gasteiger charge is -2.36. The molecular weight excluding hydrogens is 631 g/mol. The summed E-state index contributed by atoms with van der Waals surface area (Å²) in [5, 5.41) is 9.50. The lowest BCUT2D eigenvalue weighted by Crippen LogP contribution is -2.46. The number of ketones is 1. The van der Waals surface area contributed by atoms with E-state index >= 15 is 0 Å². The van der Waals surface area contributed by atoms with Crippen LogP contribution in [0.2, 0.25) is 0 Å². The molecular formula is C35H36F3N3O5S. The Hall–Kier alpha value is -4.42. The van der Waals surface area contributed by atoms with Gasteiger partial charge in [0, 0.05) is 60.8 Å². The van der Waals surface area contributed by atoms with Crippen molar-refractivity contribution in [2.24, 2.45) is 0 Å². The first-order valence-corrected chi connectivity index (χ1v) is 16.0. The van der Waals surface area contributed by atoms with Crippen molar-refractivity contribution in [3.8, 4) is 22.1 Å². The SMILES string of the molecule is COc1ccc(N2CCN(Cc3nc(-c4cc(F)c(F)c(F)c4C)sc3CCC(=O)c3ccc(OC(C)C(=O)O)c(C)c3)CC2)cc1. The minimum absolute atomic E-state index is 0.0325. The molecule has 0 saturated carbocycles. The number of anilines is 1. The van der Waals surface area contributed by atoms with Crippen molar-refractivity contribution in [2.75, 3.05) is 38.2 Å². The number of hydrogen-bond acceptors (Lipinski definition) is 8. The Bertz CT molecular complexity index is 1770. The fourth-order valence-electron chi connectivity index (χ4n) is 5.46. The number of carbonyl (C=O) groups is 2. The maximum Gasteiger partial charge on any atom is 0.344 e. The second-order valence-electron chi connectivity index (χ2n) is 11.5. The van der Waals surface area contributed by atoms with Crippen molar-refractivity contribution >= 4 is 28.8 Å². The van der Waals surface area contributed by atoms with Crippen molar-refractivity contribution in [1.29, 1.82) is 0 Å². The molecule has 0 aliphatic carbocycles. The zero-order chi connectivity index (χ0) is 33.8. The number of piperazine rings is 1. The van der Waals surface area contributed by atoms with E-state index in [9.17, 15) is 22.8 Å². The molecule has 0 spiro atoms. The number of aromatic nitrogens is 1. The van der Waals surface area contributed by atoms with Gasteiger partial charge in [0.1, 0.15) is 16.5 Å². The van der Waals surface area contributed by atoms with Gasteiger partial charge in [0.25, 0.3) is 0 Å². The van der Waals surface area contributed by atoms with E-state index in [2.05, 4.69) is 9.80 Å². The van der Waals surface area contributed by atoms with Gasteiger partial charge in [-0.05, 0) is 86.8 Å². The summed E-state index contributed by atoms with van der Waals surface area (Å²) in [5.74, 6) is -4.10. The largest absolute Gasteiger partial charge is 0.497 e. The Balaban J connectivity index is 1.34. The molecule has 1 unspecified atom stereocenters. The average molecular weight is 668 g/mol. The minimum atomic E-state index is -1.52. The molecule has 4 aromatic rings. The van der Waals surface area contributed by atoms with Gasteiger partial charge in [-0.1, -0.05) is 0 Å². The molecule has 1 aliphatic heterocycles. The van der Waals surface area contributed by atoms with Crippen LogP contribution in [-0.4, -0.2) is 66.1 Å². The van der Waals surface area contributed by atoms with Gasteiger partial charge in [0.05, 0.1) is 12.8 Å². The van der Waals surface area contributed by atoms with Gasteiger partial charge in [-0.25, -0.2) is 22.9 Å². The lowest BCUT2D eigenvalue weighted by molar-refractivity contribution is -0.144. The number of aryl methyl sites for hydroxylation is 2. The van der Waals surface area contributed by atoms with Gasteiger partial charge in [-0.15, -0.1) is 11.3 Å². The maximum atomic E-state index is 14.5. The predicted octanol–water partition coefficient (Wildman–Crippen LogP) is 6.84. The molecule has 1 aliphatic rings. The van der Waals surface area contributed by atoms with Crippen LogP contribution in [0, 0.1) is 31.3 Å². The average Bonchev–Trinajstić information content (AvgIpc) is 3.47. The fourth-order valence-corrected chi connectivity index (χ4v) is 6.61. The highest BCUT2D eigenvalue weighted by atomic mass is 32.1. The summed E-state index contributed by atoms with van der Waals surface area (Å²) >= 11 is 1.25. The Labute approximate surface area is 275 Å². The van der Waals surface area contributed by atoms with Crippen LogP contribution < -0.4 is 14.4 Å². The molecule has 1 saturated heterocycles. The normalized spacial score (nSPS) is 14.2. The number of methoxy groups -OCH3 is 1. The van der Waals surface area contributed by atoms with Crippen LogP contribution in [0.25, 0.3) is 10.6 Å². The summed E-state index contributed by atoms with van der Waals surface area (Å²) in [7, 11) is 1.63. The Morgan fingerprint density at radius 1 is 1.00 bits per heavy atom. The van der Waals surface area contributed by atoms with E-state index in [1.165, 1.54) is 25.2 Å². The molecule has 0 radical (unpaired) electrons. The molecule has 0 amide bonds. The molecule has 8 nitrogen and oxygen atoms in total. The van der Waals surface area contributed by atoms with E-state index in [0.29, 0.717) is 40.5 Å². The fraction of sp³-hybridized carbons (Fsp3) is 0.343. The molecule has 12 heteroatoms. The number of benzene rings is 3. The number of aliphatic carboxylic acids is 1. The number of nitrogens with zero attached hydrogens (tertiary/aromatic N) is 3. The van der Waals surface area contributed by atoms with Crippen molar-refractivity contribution in [2.45, 2.75) is 46.3 Å². The van der Waals surface area contributed by atoms with Crippen molar-refractivity contribution in [3.63, 3.8) is 0 Å². The van der Waals surface area contributed by atoms with Crippen LogP contribution in [0.1, 0.15) is 45.4 Å². The van der Waals surface area contributed by atoms with Crippen molar-refractivity contribution in [1.82, 2.24) is 9.88 Å². The van der Waals surface area contributed by atoms with Crippen LogP contribution in [0.4, 0.5) is 18.9 Å². The third-order valence-corrected chi connectivity index (χ3v) is 9.52. The number of carbonyl (C=O) groups excluding carboxylic acids is 1. The summed E-state index contributed by atoms with van der Waals surface area (Å²) in [5.41, 5.74) is 3.04. The summed E-state index contributed by atoms with van der Waals surface area (Å²) < 4.78 is 53.5. The Kier molecular flexibility index (Phi) is 10.5. The van der Waals surface area contributed by atoms with E-state index in [1.807, 2.05) is 24.3 Å². The van der Waals surface area contributed by atoms with Crippen molar-refractivity contribution in [3.05, 3.63) is 93.2 Å². The highest BCUT2D eigenvalue weighted by molar-refractivity contribution is 7.15. The first-order valence-electron chi connectivity index (χ1n) is 15.2. The standard InChI is InChI=1S/C35H36F3N3O5S/c1-20-17-23(5-11-30(20)46-22(3)35(43)44)29(42)10-12-31-28(39-34(47-31)26-18-27(36)33(38)32(37)21(26)2)19-40-13-15-41(16-14-40)24-6-8-25(45-4)9-7-24/h5-9,11,17-18,22H,10,12-16,19H2,1-4H3,(H,43,44).